The van der Waals surface area contributed by atoms with E-state index in [1.54, 1.807) is 16.9 Å². The van der Waals surface area contributed by atoms with Crippen LogP contribution in [0.15, 0.2) is 18.3 Å². The summed E-state index contributed by atoms with van der Waals surface area (Å²) < 4.78 is 1.74. The number of nitrogens with two attached hydrogens (primary N) is 1. The third-order valence-electron chi connectivity index (χ3n) is 2.42. The SMILES string of the molecule is Nc1nc(Cl)cc(-c2cnn3c2NCC=C3)n1. The van der Waals surface area contributed by atoms with Crippen LogP contribution in [0.2, 0.25) is 5.15 Å². The van der Waals surface area contributed by atoms with Crippen LogP contribution in [-0.2, 0) is 0 Å². The van der Waals surface area contributed by atoms with Crippen molar-refractivity contribution in [3.05, 3.63) is 23.5 Å². The Balaban J connectivity index is 2.15. The van der Waals surface area contributed by atoms with Gasteiger partial charge in [-0.3, -0.25) is 0 Å². The van der Waals surface area contributed by atoms with E-state index in [-0.39, 0.29) is 5.95 Å². The van der Waals surface area contributed by atoms with Crippen LogP contribution in [0.1, 0.15) is 0 Å². The summed E-state index contributed by atoms with van der Waals surface area (Å²) in [6.07, 6.45) is 5.59. The number of fused-ring (bicyclic) bond motifs is 1. The van der Waals surface area contributed by atoms with Crippen LogP contribution in [0.4, 0.5) is 11.8 Å². The van der Waals surface area contributed by atoms with E-state index < -0.39 is 0 Å². The van der Waals surface area contributed by atoms with E-state index in [0.717, 1.165) is 17.9 Å². The van der Waals surface area contributed by atoms with Gasteiger partial charge in [-0.25, -0.2) is 14.6 Å². The minimum Gasteiger partial charge on any atom is -0.368 e. The highest BCUT2D eigenvalue weighted by Crippen LogP contribution is 2.29. The van der Waals surface area contributed by atoms with Crippen LogP contribution in [0.5, 0.6) is 0 Å². The fourth-order valence-corrected chi connectivity index (χ4v) is 1.91. The van der Waals surface area contributed by atoms with E-state index in [4.69, 9.17) is 17.3 Å². The van der Waals surface area contributed by atoms with Gasteiger partial charge in [0.15, 0.2) is 0 Å². The summed E-state index contributed by atoms with van der Waals surface area (Å²) in [7, 11) is 0. The second kappa shape index (κ2) is 3.74. The molecule has 3 N–H and O–H groups in total. The van der Waals surface area contributed by atoms with Crippen molar-refractivity contribution < 1.29 is 0 Å². The number of rotatable bonds is 1. The largest absolute Gasteiger partial charge is 0.368 e. The average Bonchev–Trinajstić information content (AvgIpc) is 2.71. The second-order valence-electron chi connectivity index (χ2n) is 3.55. The molecule has 0 atom stereocenters. The molecule has 0 spiro atoms. The predicted molar refractivity (Wildman–Crippen MR) is 66.5 cm³/mol. The topological polar surface area (TPSA) is 81.6 Å². The van der Waals surface area contributed by atoms with E-state index in [2.05, 4.69) is 20.4 Å². The highest BCUT2D eigenvalue weighted by atomic mass is 35.5. The average molecular weight is 249 g/mol. The summed E-state index contributed by atoms with van der Waals surface area (Å²) in [6, 6.07) is 1.66. The number of hydrogen-bond acceptors (Lipinski definition) is 5. The smallest absolute Gasteiger partial charge is 0.221 e. The van der Waals surface area contributed by atoms with E-state index in [9.17, 15) is 0 Å². The maximum absolute atomic E-state index is 5.86. The highest BCUT2D eigenvalue weighted by molar-refractivity contribution is 6.29. The lowest BCUT2D eigenvalue weighted by Gasteiger charge is -2.11. The van der Waals surface area contributed by atoms with Crippen LogP contribution in [0.3, 0.4) is 0 Å². The van der Waals surface area contributed by atoms with Crippen molar-refractivity contribution in [1.29, 1.82) is 0 Å². The lowest BCUT2D eigenvalue weighted by molar-refractivity contribution is 0.917. The first-order valence-electron chi connectivity index (χ1n) is 5.02. The molecular formula is C10H9ClN6. The Morgan fingerprint density at radius 1 is 1.41 bits per heavy atom. The van der Waals surface area contributed by atoms with Crippen molar-refractivity contribution in [3.8, 4) is 11.3 Å². The molecule has 3 rings (SSSR count). The van der Waals surface area contributed by atoms with Crippen LogP contribution < -0.4 is 11.1 Å². The first kappa shape index (κ1) is 10.1. The zero-order valence-electron chi connectivity index (χ0n) is 8.76. The highest BCUT2D eigenvalue weighted by Gasteiger charge is 2.15. The lowest BCUT2D eigenvalue weighted by atomic mass is 10.2. The zero-order valence-corrected chi connectivity index (χ0v) is 9.52. The molecule has 17 heavy (non-hydrogen) atoms. The molecule has 1 aliphatic rings. The first-order chi connectivity index (χ1) is 8.24. The Bertz CT molecular complexity index is 583. The molecule has 0 bridgehead atoms. The number of nitrogens with zero attached hydrogens (tertiary/aromatic N) is 4. The summed E-state index contributed by atoms with van der Waals surface area (Å²) in [5.74, 6) is 1.03. The van der Waals surface area contributed by atoms with Gasteiger partial charge in [-0.1, -0.05) is 11.6 Å². The number of nitrogens with one attached hydrogen (secondary N) is 1. The van der Waals surface area contributed by atoms with E-state index >= 15 is 0 Å². The van der Waals surface area contributed by atoms with Crippen LogP contribution in [0.25, 0.3) is 17.5 Å². The third-order valence-corrected chi connectivity index (χ3v) is 2.61. The Kier molecular flexibility index (Phi) is 2.22. The van der Waals surface area contributed by atoms with Gasteiger partial charge in [0.25, 0.3) is 0 Å². The number of hydrogen-bond donors (Lipinski definition) is 2. The van der Waals surface area contributed by atoms with E-state index in [1.807, 2.05) is 12.3 Å². The van der Waals surface area contributed by atoms with Crippen molar-refractivity contribution in [3.63, 3.8) is 0 Å². The Labute approximate surface area is 102 Å². The van der Waals surface area contributed by atoms with E-state index in [1.165, 1.54) is 0 Å². The number of halogens is 1. The van der Waals surface area contributed by atoms with Gasteiger partial charge in [0.05, 0.1) is 17.5 Å². The molecule has 2 aromatic heterocycles. The molecule has 3 heterocycles. The summed E-state index contributed by atoms with van der Waals surface area (Å²) >= 11 is 5.86. The maximum Gasteiger partial charge on any atom is 0.221 e. The second-order valence-corrected chi connectivity index (χ2v) is 3.94. The van der Waals surface area contributed by atoms with Gasteiger partial charge in [0.2, 0.25) is 5.95 Å². The molecule has 2 aromatic rings. The minimum absolute atomic E-state index is 0.152. The van der Waals surface area contributed by atoms with Gasteiger partial charge in [0.1, 0.15) is 11.0 Å². The standard InChI is InChI=1S/C10H9ClN6/c11-8-4-7(15-10(12)16-8)6-5-14-17-3-1-2-13-9(6)17/h1,3-5,13H,2H2,(H2,12,15,16). The van der Waals surface area contributed by atoms with Crippen molar-refractivity contribution in [2.45, 2.75) is 0 Å². The molecule has 0 unspecified atom stereocenters. The fraction of sp³-hybridized carbons (Fsp3) is 0.100. The van der Waals surface area contributed by atoms with Crippen molar-refractivity contribution in [1.82, 2.24) is 19.7 Å². The first-order valence-corrected chi connectivity index (χ1v) is 5.40. The number of anilines is 2. The van der Waals surface area contributed by atoms with Crippen molar-refractivity contribution in [2.24, 2.45) is 0 Å². The van der Waals surface area contributed by atoms with Gasteiger partial charge in [-0.05, 0) is 6.08 Å². The summed E-state index contributed by atoms with van der Waals surface area (Å²) in [6.45, 7) is 0.757. The molecule has 86 valence electrons. The van der Waals surface area contributed by atoms with Crippen LogP contribution in [0, 0.1) is 0 Å². The molecule has 0 radical (unpaired) electrons. The molecule has 1 aliphatic heterocycles. The molecule has 6 nitrogen and oxygen atoms in total. The van der Waals surface area contributed by atoms with Crippen molar-refractivity contribution in [2.75, 3.05) is 17.6 Å². The fourth-order valence-electron chi connectivity index (χ4n) is 1.72. The summed E-state index contributed by atoms with van der Waals surface area (Å²) in [4.78, 5) is 7.98. The lowest BCUT2D eigenvalue weighted by Crippen LogP contribution is -2.09. The van der Waals surface area contributed by atoms with Gasteiger partial charge >= 0.3 is 0 Å². The molecule has 0 aliphatic carbocycles. The Hall–Kier alpha value is -2.08. The Morgan fingerprint density at radius 3 is 3.12 bits per heavy atom. The molecule has 7 heteroatoms. The van der Waals surface area contributed by atoms with Crippen molar-refractivity contribution >= 4 is 29.6 Å². The normalized spacial score (nSPS) is 13.2. The molecule has 0 aromatic carbocycles. The summed E-state index contributed by atoms with van der Waals surface area (Å²) in [5, 5.41) is 7.75. The molecule has 0 fully saturated rings. The van der Waals surface area contributed by atoms with Gasteiger partial charge in [0, 0.05) is 18.8 Å². The quantitative estimate of drug-likeness (QED) is 0.747. The van der Waals surface area contributed by atoms with E-state index in [0.29, 0.717) is 10.8 Å². The minimum atomic E-state index is 0.152. The molecule has 0 amide bonds. The summed E-state index contributed by atoms with van der Waals surface area (Å²) in [5.41, 5.74) is 7.08. The zero-order chi connectivity index (χ0) is 11.8. The van der Waals surface area contributed by atoms with Gasteiger partial charge < -0.3 is 11.1 Å². The van der Waals surface area contributed by atoms with Gasteiger partial charge in [-0.15, -0.1) is 0 Å². The molecule has 0 saturated heterocycles. The Morgan fingerprint density at radius 2 is 2.29 bits per heavy atom. The van der Waals surface area contributed by atoms with Gasteiger partial charge in [-0.2, -0.15) is 5.10 Å². The number of nitrogen functional groups attached to an aromatic ring is 1. The monoisotopic (exact) mass is 248 g/mol. The molecule has 0 saturated carbocycles. The van der Waals surface area contributed by atoms with Crippen LogP contribution in [-0.4, -0.2) is 26.3 Å². The predicted octanol–water partition coefficient (Wildman–Crippen LogP) is 1.47. The maximum atomic E-state index is 5.86. The molecular weight excluding hydrogens is 240 g/mol. The van der Waals surface area contributed by atoms with Crippen LogP contribution >= 0.6 is 11.6 Å². The third kappa shape index (κ3) is 1.72. The number of aromatic nitrogens is 4.